The summed E-state index contributed by atoms with van der Waals surface area (Å²) in [6, 6.07) is 9.14. The van der Waals surface area contributed by atoms with Crippen LogP contribution in [0.4, 0.5) is 0 Å². The fraction of sp³-hybridized carbons (Fsp3) is 0.611. The summed E-state index contributed by atoms with van der Waals surface area (Å²) in [4.78, 5) is 0. The highest BCUT2D eigenvalue weighted by molar-refractivity contribution is 5.81. The van der Waals surface area contributed by atoms with E-state index in [4.69, 9.17) is 5.10 Å². The summed E-state index contributed by atoms with van der Waals surface area (Å²) in [5.74, 6) is 1.63. The van der Waals surface area contributed by atoms with Crippen LogP contribution in [-0.4, -0.2) is 22.4 Å². The molecular formula is C18H27N3. The lowest BCUT2D eigenvalue weighted by Gasteiger charge is -2.27. The van der Waals surface area contributed by atoms with Crippen LogP contribution < -0.4 is 5.32 Å². The van der Waals surface area contributed by atoms with Crippen LogP contribution in [0.15, 0.2) is 24.3 Å². The molecule has 3 unspecified atom stereocenters. The predicted molar refractivity (Wildman–Crippen MR) is 88.4 cm³/mol. The number of hydrogen-bond donors (Lipinski definition) is 1. The molecule has 0 spiro atoms. The van der Waals surface area contributed by atoms with Gasteiger partial charge in [-0.15, -0.1) is 0 Å². The van der Waals surface area contributed by atoms with Gasteiger partial charge in [0.15, 0.2) is 0 Å². The van der Waals surface area contributed by atoms with E-state index in [1.54, 1.807) is 0 Å². The minimum atomic E-state index is 0.561. The number of nitrogens with one attached hydrogen (secondary N) is 1. The minimum absolute atomic E-state index is 0.561. The first-order valence-corrected chi connectivity index (χ1v) is 8.34. The van der Waals surface area contributed by atoms with E-state index in [1.807, 2.05) is 11.7 Å². The number of benzene rings is 1. The van der Waals surface area contributed by atoms with Crippen molar-refractivity contribution in [1.82, 2.24) is 15.1 Å². The first-order chi connectivity index (χ1) is 10.2. The molecule has 0 amide bonds. The Hall–Kier alpha value is -1.35. The van der Waals surface area contributed by atoms with Crippen LogP contribution in [0.25, 0.3) is 10.9 Å². The molecule has 1 heterocycles. The van der Waals surface area contributed by atoms with E-state index in [9.17, 15) is 0 Å². The molecule has 3 rings (SSSR count). The summed E-state index contributed by atoms with van der Waals surface area (Å²) in [6.07, 6.45) is 5.18. The predicted octanol–water partition coefficient (Wildman–Crippen LogP) is 3.53. The lowest BCUT2D eigenvalue weighted by Crippen LogP contribution is -2.39. The van der Waals surface area contributed by atoms with Gasteiger partial charge in [-0.3, -0.25) is 4.68 Å². The van der Waals surface area contributed by atoms with Gasteiger partial charge in [-0.1, -0.05) is 44.9 Å². The topological polar surface area (TPSA) is 29.9 Å². The maximum Gasteiger partial charge on any atom is 0.0718 e. The van der Waals surface area contributed by atoms with Gasteiger partial charge in [0, 0.05) is 24.9 Å². The number of rotatable bonds is 5. The van der Waals surface area contributed by atoms with Crippen molar-refractivity contribution in [2.24, 2.45) is 18.9 Å². The van der Waals surface area contributed by atoms with Crippen molar-refractivity contribution in [3.8, 4) is 0 Å². The molecule has 0 bridgehead atoms. The molecule has 1 aromatic carbocycles. The Balaban J connectivity index is 1.87. The van der Waals surface area contributed by atoms with Crippen LogP contribution in [0.1, 0.15) is 38.8 Å². The van der Waals surface area contributed by atoms with Gasteiger partial charge in [-0.2, -0.15) is 5.10 Å². The summed E-state index contributed by atoms with van der Waals surface area (Å²) in [6.45, 7) is 5.67. The van der Waals surface area contributed by atoms with E-state index < -0.39 is 0 Å². The molecule has 3 nitrogen and oxygen atoms in total. The molecule has 114 valence electrons. The van der Waals surface area contributed by atoms with E-state index in [0.29, 0.717) is 6.04 Å². The van der Waals surface area contributed by atoms with Gasteiger partial charge in [0.25, 0.3) is 0 Å². The Bertz CT molecular complexity index is 602. The van der Waals surface area contributed by atoms with E-state index in [1.165, 1.54) is 35.9 Å². The fourth-order valence-corrected chi connectivity index (χ4v) is 4.06. The molecule has 1 aliphatic rings. The van der Waals surface area contributed by atoms with Crippen LogP contribution in [0, 0.1) is 11.8 Å². The van der Waals surface area contributed by atoms with Crippen molar-refractivity contribution >= 4 is 10.9 Å². The highest BCUT2D eigenvalue weighted by atomic mass is 15.3. The standard InChI is InChI=1S/C18H27N3/c1-4-19-16(14-10-7-8-13(14)2)12-17-15-9-5-6-11-18(15)21(3)20-17/h5-6,9,11,13-14,16,19H,4,7-8,10,12H2,1-3H3. The molecular weight excluding hydrogens is 258 g/mol. The largest absolute Gasteiger partial charge is 0.314 e. The lowest BCUT2D eigenvalue weighted by molar-refractivity contribution is 0.297. The zero-order valence-corrected chi connectivity index (χ0v) is 13.5. The summed E-state index contributed by atoms with van der Waals surface area (Å²) in [5.41, 5.74) is 2.49. The Morgan fingerprint density at radius 3 is 2.86 bits per heavy atom. The second kappa shape index (κ2) is 6.18. The molecule has 3 atom stereocenters. The van der Waals surface area contributed by atoms with Gasteiger partial charge in [-0.05, 0) is 30.9 Å². The summed E-state index contributed by atoms with van der Waals surface area (Å²) < 4.78 is 2.02. The maximum atomic E-state index is 4.78. The number of nitrogens with zero attached hydrogens (tertiary/aromatic N) is 2. The van der Waals surface area contributed by atoms with Crippen LogP contribution in [0.3, 0.4) is 0 Å². The molecule has 1 N–H and O–H groups in total. The molecule has 1 fully saturated rings. The highest BCUT2D eigenvalue weighted by Crippen LogP contribution is 2.35. The van der Waals surface area contributed by atoms with E-state index in [-0.39, 0.29) is 0 Å². The van der Waals surface area contributed by atoms with Crippen molar-refractivity contribution in [2.45, 2.75) is 45.6 Å². The maximum absolute atomic E-state index is 4.78. The third-order valence-corrected chi connectivity index (χ3v) is 5.16. The number of para-hydroxylation sites is 1. The molecule has 3 heteroatoms. The average Bonchev–Trinajstić information content (AvgIpc) is 3.04. The molecule has 0 aliphatic heterocycles. The van der Waals surface area contributed by atoms with Crippen LogP contribution in [0.2, 0.25) is 0 Å². The zero-order valence-electron chi connectivity index (χ0n) is 13.5. The van der Waals surface area contributed by atoms with Gasteiger partial charge in [-0.25, -0.2) is 0 Å². The summed E-state index contributed by atoms with van der Waals surface area (Å²) in [5, 5.41) is 9.83. The SMILES string of the molecule is CCNC(Cc1nn(C)c2ccccc12)C1CCCC1C. The summed E-state index contributed by atoms with van der Waals surface area (Å²) >= 11 is 0. The quantitative estimate of drug-likeness (QED) is 0.911. The highest BCUT2D eigenvalue weighted by Gasteiger charge is 2.31. The number of likely N-dealkylation sites (N-methyl/N-ethyl adjacent to an activating group) is 1. The third kappa shape index (κ3) is 2.84. The number of fused-ring (bicyclic) bond motifs is 1. The summed E-state index contributed by atoms with van der Waals surface area (Å²) in [7, 11) is 2.05. The van der Waals surface area contributed by atoms with Crippen molar-refractivity contribution in [3.63, 3.8) is 0 Å². The van der Waals surface area contributed by atoms with Gasteiger partial charge in [0.1, 0.15) is 0 Å². The second-order valence-corrected chi connectivity index (χ2v) is 6.53. The Morgan fingerprint density at radius 2 is 2.14 bits per heavy atom. The number of aromatic nitrogens is 2. The Kier molecular flexibility index (Phi) is 4.29. The first kappa shape index (κ1) is 14.6. The van der Waals surface area contributed by atoms with Crippen molar-refractivity contribution < 1.29 is 0 Å². The van der Waals surface area contributed by atoms with Crippen molar-refractivity contribution in [3.05, 3.63) is 30.0 Å². The molecule has 1 aromatic heterocycles. The normalized spacial score (nSPS) is 23.8. The van der Waals surface area contributed by atoms with Crippen LogP contribution in [0.5, 0.6) is 0 Å². The van der Waals surface area contributed by atoms with Gasteiger partial charge >= 0.3 is 0 Å². The van der Waals surface area contributed by atoms with E-state index in [2.05, 4.69) is 43.4 Å². The van der Waals surface area contributed by atoms with E-state index in [0.717, 1.165) is 24.8 Å². The molecule has 2 aromatic rings. The second-order valence-electron chi connectivity index (χ2n) is 6.53. The van der Waals surface area contributed by atoms with Crippen LogP contribution in [-0.2, 0) is 13.5 Å². The molecule has 1 saturated carbocycles. The first-order valence-electron chi connectivity index (χ1n) is 8.34. The van der Waals surface area contributed by atoms with Crippen molar-refractivity contribution in [1.29, 1.82) is 0 Å². The Morgan fingerprint density at radius 1 is 1.33 bits per heavy atom. The lowest BCUT2D eigenvalue weighted by atomic mass is 9.87. The molecule has 0 saturated heterocycles. The number of aryl methyl sites for hydroxylation is 1. The van der Waals surface area contributed by atoms with Gasteiger partial charge in [0.2, 0.25) is 0 Å². The van der Waals surface area contributed by atoms with E-state index >= 15 is 0 Å². The molecule has 21 heavy (non-hydrogen) atoms. The zero-order chi connectivity index (χ0) is 14.8. The van der Waals surface area contributed by atoms with Crippen molar-refractivity contribution in [2.75, 3.05) is 6.54 Å². The monoisotopic (exact) mass is 285 g/mol. The third-order valence-electron chi connectivity index (χ3n) is 5.16. The molecule has 0 radical (unpaired) electrons. The fourth-order valence-electron chi connectivity index (χ4n) is 4.06. The van der Waals surface area contributed by atoms with Gasteiger partial charge < -0.3 is 5.32 Å². The Labute approximate surface area is 127 Å². The minimum Gasteiger partial charge on any atom is -0.314 e. The average molecular weight is 285 g/mol. The molecule has 1 aliphatic carbocycles. The number of hydrogen-bond acceptors (Lipinski definition) is 2. The smallest absolute Gasteiger partial charge is 0.0718 e. The van der Waals surface area contributed by atoms with Gasteiger partial charge in [0.05, 0.1) is 11.2 Å². The van der Waals surface area contributed by atoms with Crippen LogP contribution >= 0.6 is 0 Å².